The summed E-state index contributed by atoms with van der Waals surface area (Å²) >= 11 is 1.86. The maximum atomic E-state index is 5.40. The van der Waals surface area contributed by atoms with Crippen LogP contribution in [0.3, 0.4) is 0 Å². The highest BCUT2D eigenvalue weighted by Gasteiger charge is 2.30. The molecular formula is C12H22N2OS. The first-order chi connectivity index (χ1) is 7.49. The van der Waals surface area contributed by atoms with Crippen molar-refractivity contribution in [2.45, 2.75) is 39.2 Å². The van der Waals surface area contributed by atoms with E-state index >= 15 is 0 Å². The van der Waals surface area contributed by atoms with Gasteiger partial charge in [0, 0.05) is 31.1 Å². The van der Waals surface area contributed by atoms with Gasteiger partial charge in [0.15, 0.2) is 5.17 Å². The largest absolute Gasteiger partial charge is 0.381 e. The molecule has 0 radical (unpaired) electrons. The predicted octanol–water partition coefficient (Wildman–Crippen LogP) is 2.27. The number of hydrogen-bond acceptors (Lipinski definition) is 4. The average Bonchev–Trinajstić information content (AvgIpc) is 2.22. The van der Waals surface area contributed by atoms with Gasteiger partial charge in [0.25, 0.3) is 0 Å². The molecule has 0 atom stereocenters. The molecule has 92 valence electrons. The fourth-order valence-corrected chi connectivity index (χ4v) is 3.01. The van der Waals surface area contributed by atoms with E-state index in [0.717, 1.165) is 43.5 Å². The van der Waals surface area contributed by atoms with E-state index in [2.05, 4.69) is 31.1 Å². The third-order valence-corrected chi connectivity index (χ3v) is 4.69. The molecule has 2 heterocycles. The van der Waals surface area contributed by atoms with Crippen molar-refractivity contribution in [2.75, 3.05) is 25.5 Å². The van der Waals surface area contributed by atoms with E-state index in [1.807, 2.05) is 11.8 Å². The van der Waals surface area contributed by atoms with Gasteiger partial charge in [-0.3, -0.25) is 4.99 Å². The molecule has 16 heavy (non-hydrogen) atoms. The predicted molar refractivity (Wildman–Crippen MR) is 70.1 cm³/mol. The quantitative estimate of drug-likeness (QED) is 0.766. The maximum Gasteiger partial charge on any atom is 0.157 e. The van der Waals surface area contributed by atoms with Crippen LogP contribution in [-0.2, 0) is 4.74 Å². The van der Waals surface area contributed by atoms with Crippen LogP contribution < -0.4 is 5.32 Å². The van der Waals surface area contributed by atoms with Crippen molar-refractivity contribution in [3.8, 4) is 0 Å². The summed E-state index contributed by atoms with van der Waals surface area (Å²) in [7, 11) is 0. The Bertz CT molecular complexity index is 283. The van der Waals surface area contributed by atoms with E-state index in [1.165, 1.54) is 0 Å². The van der Waals surface area contributed by atoms with Gasteiger partial charge in [0.2, 0.25) is 0 Å². The van der Waals surface area contributed by atoms with Crippen LogP contribution >= 0.6 is 11.8 Å². The minimum atomic E-state index is 0.186. The molecular weight excluding hydrogens is 220 g/mol. The van der Waals surface area contributed by atoms with Crippen LogP contribution in [0.4, 0.5) is 0 Å². The molecule has 0 aromatic carbocycles. The second-order valence-corrected chi connectivity index (χ2v) is 6.84. The normalized spacial score (nSPS) is 28.3. The molecule has 1 N–H and O–H groups in total. The Morgan fingerprint density at radius 3 is 2.50 bits per heavy atom. The summed E-state index contributed by atoms with van der Waals surface area (Å²) in [6.07, 6.45) is 2.16. The Morgan fingerprint density at radius 2 is 1.94 bits per heavy atom. The fraction of sp³-hybridized carbons (Fsp3) is 0.917. The van der Waals surface area contributed by atoms with Gasteiger partial charge in [-0.1, -0.05) is 25.6 Å². The molecule has 0 bridgehead atoms. The number of thioether (sulfide) groups is 1. The van der Waals surface area contributed by atoms with Gasteiger partial charge < -0.3 is 10.1 Å². The molecule has 3 nitrogen and oxygen atoms in total. The summed E-state index contributed by atoms with van der Waals surface area (Å²) < 4.78 is 5.40. The lowest BCUT2D eigenvalue weighted by Crippen LogP contribution is -2.50. The van der Waals surface area contributed by atoms with E-state index in [1.54, 1.807) is 0 Å². The molecule has 0 saturated carbocycles. The number of rotatable bonds is 1. The Kier molecular flexibility index (Phi) is 3.50. The lowest BCUT2D eigenvalue weighted by molar-refractivity contribution is 0.0527. The van der Waals surface area contributed by atoms with E-state index in [-0.39, 0.29) is 5.54 Å². The van der Waals surface area contributed by atoms with Crippen LogP contribution in [0.15, 0.2) is 4.99 Å². The molecule has 0 spiro atoms. The number of aliphatic imine (C=N–C) groups is 1. The lowest BCUT2D eigenvalue weighted by Gasteiger charge is -2.37. The summed E-state index contributed by atoms with van der Waals surface area (Å²) in [5.41, 5.74) is 0.540. The Labute approximate surface area is 102 Å². The first kappa shape index (κ1) is 12.2. The highest BCUT2D eigenvalue weighted by Crippen LogP contribution is 2.29. The molecule has 2 aliphatic rings. The highest BCUT2D eigenvalue weighted by molar-refractivity contribution is 8.13. The van der Waals surface area contributed by atoms with Crippen LogP contribution in [-0.4, -0.2) is 36.2 Å². The number of nitrogens with zero attached hydrogens (tertiary/aromatic N) is 1. The number of nitrogens with one attached hydrogen (secondary N) is 1. The number of ether oxygens (including phenoxy) is 1. The van der Waals surface area contributed by atoms with Gasteiger partial charge in [0.05, 0.1) is 0 Å². The van der Waals surface area contributed by atoms with Gasteiger partial charge in [-0.05, 0) is 25.2 Å². The Hall–Kier alpha value is -0.220. The molecule has 1 fully saturated rings. The summed E-state index contributed by atoms with van der Waals surface area (Å²) in [4.78, 5) is 4.65. The molecule has 4 heteroatoms. The Balaban J connectivity index is 1.92. The lowest BCUT2D eigenvalue weighted by atomic mass is 9.93. The summed E-state index contributed by atoms with van der Waals surface area (Å²) in [5.74, 6) is 1.16. The van der Waals surface area contributed by atoms with Crippen LogP contribution in [0.25, 0.3) is 0 Å². The van der Waals surface area contributed by atoms with E-state index in [4.69, 9.17) is 4.74 Å². The molecule has 0 aliphatic carbocycles. The molecule has 0 aromatic rings. The van der Waals surface area contributed by atoms with Crippen molar-refractivity contribution in [1.29, 1.82) is 0 Å². The SMILES string of the molecule is CC1(C)CN=C(NC2(C)CCOCC2)SC1. The van der Waals surface area contributed by atoms with Crippen molar-refractivity contribution in [2.24, 2.45) is 10.4 Å². The molecule has 2 aliphatic heterocycles. The second-order valence-electron chi connectivity index (χ2n) is 5.87. The van der Waals surface area contributed by atoms with Crippen molar-refractivity contribution in [3.63, 3.8) is 0 Å². The summed E-state index contributed by atoms with van der Waals surface area (Å²) in [6.45, 7) is 9.50. The first-order valence-electron chi connectivity index (χ1n) is 6.02. The smallest absolute Gasteiger partial charge is 0.157 e. The van der Waals surface area contributed by atoms with Crippen molar-refractivity contribution in [3.05, 3.63) is 0 Å². The van der Waals surface area contributed by atoms with E-state index in [9.17, 15) is 0 Å². The molecule has 0 aromatic heterocycles. The molecule has 0 amide bonds. The molecule has 2 rings (SSSR count). The third-order valence-electron chi connectivity index (χ3n) is 3.26. The van der Waals surface area contributed by atoms with Crippen LogP contribution in [0, 0.1) is 5.41 Å². The van der Waals surface area contributed by atoms with Crippen LogP contribution in [0.1, 0.15) is 33.6 Å². The van der Waals surface area contributed by atoms with Gasteiger partial charge in [-0.15, -0.1) is 0 Å². The standard InChI is InChI=1S/C12H22N2OS/c1-11(2)8-13-10(16-9-11)14-12(3)4-6-15-7-5-12/h4-9H2,1-3H3,(H,13,14). The maximum absolute atomic E-state index is 5.40. The van der Waals surface area contributed by atoms with Gasteiger partial charge in [0.1, 0.15) is 0 Å². The zero-order valence-corrected chi connectivity index (χ0v) is 11.3. The summed E-state index contributed by atoms with van der Waals surface area (Å²) in [5, 5.41) is 4.73. The van der Waals surface area contributed by atoms with Crippen molar-refractivity contribution >= 4 is 16.9 Å². The zero-order chi connectivity index (χ0) is 11.6. The van der Waals surface area contributed by atoms with Crippen molar-refractivity contribution in [1.82, 2.24) is 5.32 Å². The van der Waals surface area contributed by atoms with Gasteiger partial charge in [-0.2, -0.15) is 0 Å². The third kappa shape index (κ3) is 3.14. The van der Waals surface area contributed by atoms with Crippen LogP contribution in [0.5, 0.6) is 0 Å². The minimum Gasteiger partial charge on any atom is -0.381 e. The minimum absolute atomic E-state index is 0.186. The topological polar surface area (TPSA) is 33.6 Å². The fourth-order valence-electron chi connectivity index (χ4n) is 1.92. The first-order valence-corrected chi connectivity index (χ1v) is 7.01. The monoisotopic (exact) mass is 242 g/mol. The van der Waals surface area contributed by atoms with E-state index < -0.39 is 0 Å². The highest BCUT2D eigenvalue weighted by atomic mass is 32.2. The van der Waals surface area contributed by atoms with E-state index in [0.29, 0.717) is 5.41 Å². The molecule has 1 saturated heterocycles. The second kappa shape index (κ2) is 4.57. The molecule has 0 unspecified atom stereocenters. The Morgan fingerprint density at radius 1 is 1.25 bits per heavy atom. The number of hydrogen-bond donors (Lipinski definition) is 1. The van der Waals surface area contributed by atoms with Crippen molar-refractivity contribution < 1.29 is 4.74 Å². The summed E-state index contributed by atoms with van der Waals surface area (Å²) in [6, 6.07) is 0. The van der Waals surface area contributed by atoms with Gasteiger partial charge >= 0.3 is 0 Å². The van der Waals surface area contributed by atoms with Gasteiger partial charge in [-0.25, -0.2) is 0 Å². The average molecular weight is 242 g/mol. The van der Waals surface area contributed by atoms with Crippen LogP contribution in [0.2, 0.25) is 0 Å². The number of amidine groups is 1. The zero-order valence-electron chi connectivity index (χ0n) is 10.5.